The largest absolute Gasteiger partial charge is 0.339 e. The molecule has 7 heteroatoms. The molecule has 2 heterocycles. The molecule has 0 fully saturated rings. The van der Waals surface area contributed by atoms with Crippen LogP contribution in [-0.4, -0.2) is 16.1 Å². The average Bonchev–Trinajstić information content (AvgIpc) is 3.22. The standard InChI is InChI=1S/C20H14FN3O2S/c21-13-9-7-12(8-10-13)17(16-6-3-11-27-16)22-20(26)18-14-4-1-2-5-15(14)19(25)24-23-18/h1-11,17H,(H,22,26)(H,24,25). The molecule has 2 aromatic heterocycles. The number of fused-ring (bicyclic) bond motifs is 1. The van der Waals surface area contributed by atoms with Gasteiger partial charge in [0.05, 0.1) is 11.4 Å². The van der Waals surface area contributed by atoms with E-state index in [1.807, 2.05) is 17.5 Å². The van der Waals surface area contributed by atoms with Gasteiger partial charge >= 0.3 is 0 Å². The number of benzene rings is 2. The Bertz CT molecular complexity index is 1150. The van der Waals surface area contributed by atoms with Gasteiger partial charge in [0.1, 0.15) is 5.82 Å². The molecular formula is C20H14FN3O2S. The van der Waals surface area contributed by atoms with Gasteiger partial charge in [-0.1, -0.05) is 36.4 Å². The summed E-state index contributed by atoms with van der Waals surface area (Å²) in [6.45, 7) is 0. The molecule has 0 aliphatic rings. The summed E-state index contributed by atoms with van der Waals surface area (Å²) in [5.74, 6) is -0.770. The van der Waals surface area contributed by atoms with Crippen molar-refractivity contribution >= 4 is 28.0 Å². The van der Waals surface area contributed by atoms with Crippen LogP contribution in [0.5, 0.6) is 0 Å². The number of H-pyrrole nitrogens is 1. The molecule has 0 radical (unpaired) electrons. The van der Waals surface area contributed by atoms with E-state index < -0.39 is 11.9 Å². The van der Waals surface area contributed by atoms with Gasteiger partial charge in [0.2, 0.25) is 0 Å². The van der Waals surface area contributed by atoms with E-state index in [-0.39, 0.29) is 17.1 Å². The van der Waals surface area contributed by atoms with Gasteiger partial charge in [-0.15, -0.1) is 11.3 Å². The van der Waals surface area contributed by atoms with E-state index in [4.69, 9.17) is 0 Å². The fraction of sp³-hybridized carbons (Fsp3) is 0.0500. The van der Waals surface area contributed by atoms with Gasteiger partial charge in [0, 0.05) is 10.3 Å². The second kappa shape index (κ2) is 7.13. The number of halogens is 1. The van der Waals surface area contributed by atoms with Gasteiger partial charge in [-0.2, -0.15) is 5.10 Å². The van der Waals surface area contributed by atoms with Crippen molar-refractivity contribution in [2.24, 2.45) is 0 Å². The number of amides is 1. The van der Waals surface area contributed by atoms with Crippen LogP contribution in [0.15, 0.2) is 70.8 Å². The fourth-order valence-electron chi connectivity index (χ4n) is 2.92. The molecule has 0 spiro atoms. The van der Waals surface area contributed by atoms with E-state index in [9.17, 15) is 14.0 Å². The number of nitrogens with one attached hydrogen (secondary N) is 2. The van der Waals surface area contributed by atoms with Gasteiger partial charge in [0.15, 0.2) is 5.69 Å². The Balaban J connectivity index is 1.74. The highest BCUT2D eigenvalue weighted by atomic mass is 32.1. The Morgan fingerprint density at radius 3 is 2.48 bits per heavy atom. The summed E-state index contributed by atoms with van der Waals surface area (Å²) in [5, 5.41) is 12.0. The van der Waals surface area contributed by atoms with Gasteiger partial charge in [-0.25, -0.2) is 9.49 Å². The third kappa shape index (κ3) is 3.37. The lowest BCUT2D eigenvalue weighted by Crippen LogP contribution is -2.30. The molecule has 27 heavy (non-hydrogen) atoms. The fourth-order valence-corrected chi connectivity index (χ4v) is 3.72. The topological polar surface area (TPSA) is 74.8 Å². The van der Waals surface area contributed by atoms with Crippen molar-refractivity contribution < 1.29 is 9.18 Å². The number of hydrogen-bond donors (Lipinski definition) is 2. The van der Waals surface area contributed by atoms with Crippen molar-refractivity contribution in [3.63, 3.8) is 0 Å². The Labute approximate surface area is 157 Å². The first-order valence-corrected chi connectivity index (χ1v) is 9.08. The van der Waals surface area contributed by atoms with Crippen LogP contribution in [0.1, 0.15) is 27.0 Å². The smallest absolute Gasteiger partial charge is 0.273 e. The Hall–Kier alpha value is -3.32. The summed E-state index contributed by atoms with van der Waals surface area (Å²) < 4.78 is 13.3. The Morgan fingerprint density at radius 1 is 1.04 bits per heavy atom. The molecule has 134 valence electrons. The SMILES string of the molecule is O=C(NC(c1ccc(F)cc1)c1cccs1)c1n[nH]c(=O)c2ccccc12. The van der Waals surface area contributed by atoms with Gasteiger partial charge in [-0.3, -0.25) is 9.59 Å². The zero-order chi connectivity index (χ0) is 18.8. The molecule has 4 aromatic rings. The summed E-state index contributed by atoms with van der Waals surface area (Å²) in [4.78, 5) is 25.8. The van der Waals surface area contributed by atoms with Crippen molar-refractivity contribution in [2.75, 3.05) is 0 Å². The maximum absolute atomic E-state index is 13.3. The number of thiophene rings is 1. The maximum Gasteiger partial charge on any atom is 0.273 e. The molecule has 0 aliphatic heterocycles. The van der Waals surface area contributed by atoms with Gasteiger partial charge < -0.3 is 5.32 Å². The van der Waals surface area contributed by atoms with Crippen LogP contribution in [0, 0.1) is 5.82 Å². The van der Waals surface area contributed by atoms with Crippen molar-refractivity contribution in [2.45, 2.75) is 6.04 Å². The number of hydrogen-bond acceptors (Lipinski definition) is 4. The quantitative estimate of drug-likeness (QED) is 0.568. The third-order valence-corrected chi connectivity index (χ3v) is 5.15. The van der Waals surface area contributed by atoms with Crippen LogP contribution in [-0.2, 0) is 0 Å². The summed E-state index contributed by atoms with van der Waals surface area (Å²) in [6.07, 6.45) is 0. The van der Waals surface area contributed by atoms with Crippen molar-refractivity contribution in [1.29, 1.82) is 0 Å². The second-order valence-corrected chi connectivity index (χ2v) is 6.90. The first-order chi connectivity index (χ1) is 13.1. The van der Waals surface area contributed by atoms with Crippen molar-refractivity contribution in [1.82, 2.24) is 15.5 Å². The van der Waals surface area contributed by atoms with E-state index in [0.717, 1.165) is 10.4 Å². The molecular weight excluding hydrogens is 365 g/mol. The van der Waals surface area contributed by atoms with Crippen LogP contribution < -0.4 is 10.9 Å². The number of nitrogens with zero attached hydrogens (tertiary/aromatic N) is 1. The van der Waals surface area contributed by atoms with Crippen molar-refractivity contribution in [3.8, 4) is 0 Å². The molecule has 0 saturated heterocycles. The molecule has 1 amide bonds. The van der Waals surface area contributed by atoms with E-state index in [1.54, 1.807) is 36.4 Å². The highest BCUT2D eigenvalue weighted by Gasteiger charge is 2.21. The van der Waals surface area contributed by atoms with Crippen LogP contribution in [0.2, 0.25) is 0 Å². The number of carbonyl (C=O) groups is 1. The maximum atomic E-state index is 13.3. The lowest BCUT2D eigenvalue weighted by molar-refractivity contribution is 0.0939. The molecule has 2 N–H and O–H groups in total. The molecule has 0 aliphatic carbocycles. The number of aromatic nitrogens is 2. The zero-order valence-corrected chi connectivity index (χ0v) is 14.8. The minimum absolute atomic E-state index is 0.133. The van der Waals surface area contributed by atoms with E-state index in [2.05, 4.69) is 15.5 Å². The summed E-state index contributed by atoms with van der Waals surface area (Å²) in [6, 6.07) is 16.1. The highest BCUT2D eigenvalue weighted by Crippen LogP contribution is 2.27. The predicted molar refractivity (Wildman–Crippen MR) is 102 cm³/mol. The Morgan fingerprint density at radius 2 is 1.78 bits per heavy atom. The van der Waals surface area contributed by atoms with Gasteiger partial charge in [0.25, 0.3) is 11.5 Å². The first kappa shape index (κ1) is 17.1. The molecule has 0 bridgehead atoms. The first-order valence-electron chi connectivity index (χ1n) is 8.20. The number of carbonyl (C=O) groups excluding carboxylic acids is 1. The number of aromatic amines is 1. The second-order valence-electron chi connectivity index (χ2n) is 5.92. The van der Waals surface area contributed by atoms with E-state index in [1.165, 1.54) is 23.5 Å². The van der Waals surface area contributed by atoms with E-state index >= 15 is 0 Å². The van der Waals surface area contributed by atoms with Crippen LogP contribution in [0.4, 0.5) is 4.39 Å². The lowest BCUT2D eigenvalue weighted by Gasteiger charge is -2.18. The zero-order valence-electron chi connectivity index (χ0n) is 14.0. The number of rotatable bonds is 4. The van der Waals surface area contributed by atoms with Crippen LogP contribution in [0.25, 0.3) is 10.8 Å². The lowest BCUT2D eigenvalue weighted by atomic mass is 10.0. The highest BCUT2D eigenvalue weighted by molar-refractivity contribution is 7.10. The molecule has 5 nitrogen and oxygen atoms in total. The van der Waals surface area contributed by atoms with Gasteiger partial charge in [-0.05, 0) is 35.2 Å². The Kier molecular flexibility index (Phi) is 4.52. The minimum Gasteiger partial charge on any atom is -0.339 e. The summed E-state index contributed by atoms with van der Waals surface area (Å²) in [7, 11) is 0. The third-order valence-electron chi connectivity index (χ3n) is 4.22. The molecule has 1 unspecified atom stereocenters. The summed E-state index contributed by atoms with van der Waals surface area (Å²) in [5.41, 5.74) is 0.533. The monoisotopic (exact) mass is 379 g/mol. The molecule has 2 aromatic carbocycles. The van der Waals surface area contributed by atoms with E-state index in [0.29, 0.717) is 10.8 Å². The molecule has 0 saturated carbocycles. The van der Waals surface area contributed by atoms with Crippen LogP contribution >= 0.6 is 11.3 Å². The minimum atomic E-state index is -0.453. The average molecular weight is 379 g/mol. The predicted octanol–water partition coefficient (Wildman–Crippen LogP) is 3.64. The normalized spacial score (nSPS) is 12.0. The summed E-state index contributed by atoms with van der Waals surface area (Å²) >= 11 is 1.49. The molecule has 4 rings (SSSR count). The molecule has 1 atom stereocenters. The van der Waals surface area contributed by atoms with Crippen LogP contribution in [0.3, 0.4) is 0 Å². The van der Waals surface area contributed by atoms with Crippen molar-refractivity contribution in [3.05, 3.63) is 98.3 Å².